The monoisotopic (exact) mass is 282 g/mol. The first-order chi connectivity index (χ1) is 9.67. The number of piperidine rings is 1. The molecule has 1 unspecified atom stereocenters. The molecule has 2 saturated heterocycles. The molecule has 1 aromatic rings. The third-order valence-corrected chi connectivity index (χ3v) is 4.15. The molecule has 3 heterocycles. The lowest BCUT2D eigenvalue weighted by Gasteiger charge is -2.35. The maximum atomic E-state index is 12.7. The summed E-state index contributed by atoms with van der Waals surface area (Å²) in [6, 6.07) is 0.773. The summed E-state index contributed by atoms with van der Waals surface area (Å²) in [5.41, 5.74) is 0. The van der Waals surface area contributed by atoms with Crippen LogP contribution in [0, 0.1) is 12.8 Å². The number of aryl methyl sites for hydroxylation is 1. The summed E-state index contributed by atoms with van der Waals surface area (Å²) < 4.78 is 17.8. The van der Waals surface area contributed by atoms with E-state index < -0.39 is 6.67 Å². The summed E-state index contributed by atoms with van der Waals surface area (Å²) in [6.45, 7) is 3.54. The fourth-order valence-electron chi connectivity index (χ4n) is 3.05. The number of nitrogens with zero attached hydrogens (tertiary/aromatic N) is 4. The van der Waals surface area contributed by atoms with Crippen LogP contribution in [-0.4, -0.2) is 53.3 Å². The zero-order valence-electron chi connectivity index (χ0n) is 11.6. The van der Waals surface area contributed by atoms with Crippen molar-refractivity contribution in [2.45, 2.75) is 32.2 Å². The van der Waals surface area contributed by atoms with Crippen LogP contribution < -0.4 is 4.90 Å². The molecule has 2 fully saturated rings. The van der Waals surface area contributed by atoms with Gasteiger partial charge >= 0.3 is 6.01 Å². The van der Waals surface area contributed by atoms with E-state index in [-0.39, 0.29) is 17.9 Å². The number of rotatable bonds is 3. The van der Waals surface area contributed by atoms with Crippen molar-refractivity contribution >= 4 is 11.9 Å². The van der Waals surface area contributed by atoms with Crippen LogP contribution in [0.1, 0.15) is 25.1 Å². The second-order valence-corrected chi connectivity index (χ2v) is 5.61. The zero-order valence-corrected chi connectivity index (χ0v) is 11.6. The van der Waals surface area contributed by atoms with Crippen molar-refractivity contribution in [1.82, 2.24) is 15.0 Å². The van der Waals surface area contributed by atoms with Crippen LogP contribution in [0.2, 0.25) is 0 Å². The minimum absolute atomic E-state index is 0.0970. The average molecular weight is 282 g/mol. The number of hydrogen-bond donors (Lipinski definition) is 0. The van der Waals surface area contributed by atoms with Gasteiger partial charge in [0.15, 0.2) is 5.82 Å². The van der Waals surface area contributed by atoms with E-state index in [1.54, 1.807) is 6.92 Å². The maximum absolute atomic E-state index is 12.7. The molecular formula is C13H19FN4O2. The first-order valence-electron chi connectivity index (χ1n) is 7.08. The smallest absolute Gasteiger partial charge is 0.324 e. The minimum atomic E-state index is -0.400. The van der Waals surface area contributed by atoms with Gasteiger partial charge in [0.25, 0.3) is 0 Å². The molecule has 0 aliphatic carbocycles. The Morgan fingerprint density at radius 3 is 2.70 bits per heavy atom. The normalized spacial score (nSPS) is 24.7. The van der Waals surface area contributed by atoms with Gasteiger partial charge in [-0.3, -0.25) is 9.18 Å². The molecule has 20 heavy (non-hydrogen) atoms. The van der Waals surface area contributed by atoms with E-state index in [0.717, 1.165) is 25.9 Å². The lowest BCUT2D eigenvalue weighted by molar-refractivity contribution is -0.130. The first-order valence-corrected chi connectivity index (χ1v) is 7.08. The number of likely N-dealkylation sites (tertiary alicyclic amines) is 1. The highest BCUT2D eigenvalue weighted by Gasteiger charge is 2.36. The van der Waals surface area contributed by atoms with Gasteiger partial charge in [-0.2, -0.15) is 4.98 Å². The molecule has 0 bridgehead atoms. The summed E-state index contributed by atoms with van der Waals surface area (Å²) in [4.78, 5) is 20.0. The number of alkyl halides is 1. The Balaban J connectivity index is 1.57. The predicted octanol–water partition coefficient (Wildman–Crippen LogP) is 1.16. The molecule has 1 amide bonds. The summed E-state index contributed by atoms with van der Waals surface area (Å²) in [5.74, 6) is 0.612. The minimum Gasteiger partial charge on any atom is -0.339 e. The Labute approximate surface area is 116 Å². The lowest BCUT2D eigenvalue weighted by Crippen LogP contribution is -2.45. The number of halogens is 1. The van der Waals surface area contributed by atoms with E-state index in [4.69, 9.17) is 4.52 Å². The van der Waals surface area contributed by atoms with Crippen molar-refractivity contribution in [3.8, 4) is 0 Å². The van der Waals surface area contributed by atoms with Crippen LogP contribution in [0.4, 0.5) is 10.4 Å². The van der Waals surface area contributed by atoms with Gasteiger partial charge < -0.3 is 14.3 Å². The van der Waals surface area contributed by atoms with Crippen LogP contribution in [-0.2, 0) is 4.79 Å². The average Bonchev–Trinajstić information content (AvgIpc) is 3.05. The molecule has 0 saturated carbocycles. The lowest BCUT2D eigenvalue weighted by atomic mass is 10.0. The molecule has 1 atom stereocenters. The Bertz CT molecular complexity index is 484. The number of hydrogen-bond acceptors (Lipinski definition) is 5. The van der Waals surface area contributed by atoms with Crippen molar-refractivity contribution in [2.24, 2.45) is 5.92 Å². The Morgan fingerprint density at radius 1 is 1.40 bits per heavy atom. The number of carbonyl (C=O) groups is 1. The quantitative estimate of drug-likeness (QED) is 0.832. The maximum Gasteiger partial charge on any atom is 0.324 e. The van der Waals surface area contributed by atoms with E-state index in [0.29, 0.717) is 24.8 Å². The van der Waals surface area contributed by atoms with Gasteiger partial charge in [-0.25, -0.2) is 0 Å². The topological polar surface area (TPSA) is 62.5 Å². The van der Waals surface area contributed by atoms with Crippen LogP contribution in [0.25, 0.3) is 0 Å². The zero-order chi connectivity index (χ0) is 14.1. The van der Waals surface area contributed by atoms with Crippen molar-refractivity contribution < 1.29 is 13.7 Å². The van der Waals surface area contributed by atoms with Crippen molar-refractivity contribution in [1.29, 1.82) is 0 Å². The van der Waals surface area contributed by atoms with E-state index >= 15 is 0 Å². The van der Waals surface area contributed by atoms with Gasteiger partial charge in [0.05, 0.1) is 6.67 Å². The molecular weight excluding hydrogens is 263 g/mol. The molecule has 7 heteroatoms. The number of carbonyl (C=O) groups excluding carboxylic acids is 1. The Hall–Kier alpha value is -1.66. The fraction of sp³-hybridized carbons (Fsp3) is 0.769. The summed E-state index contributed by atoms with van der Waals surface area (Å²) >= 11 is 0. The highest BCUT2D eigenvalue weighted by atomic mass is 19.1. The van der Waals surface area contributed by atoms with E-state index in [2.05, 4.69) is 10.1 Å². The van der Waals surface area contributed by atoms with Crippen LogP contribution in [0.5, 0.6) is 0 Å². The summed E-state index contributed by atoms with van der Waals surface area (Å²) in [6.07, 6.45) is 2.10. The molecule has 6 nitrogen and oxygen atoms in total. The van der Waals surface area contributed by atoms with Crippen molar-refractivity contribution in [2.75, 3.05) is 31.2 Å². The number of amides is 1. The predicted molar refractivity (Wildman–Crippen MR) is 70.1 cm³/mol. The van der Waals surface area contributed by atoms with Gasteiger partial charge in [0.2, 0.25) is 5.91 Å². The van der Waals surface area contributed by atoms with E-state index in [1.807, 2.05) is 9.80 Å². The molecule has 0 aromatic carbocycles. The molecule has 2 aliphatic rings. The largest absolute Gasteiger partial charge is 0.339 e. The SMILES string of the molecule is Cc1noc(N2CCC(N3CC(CF)CC3=O)CC2)n1. The highest BCUT2D eigenvalue weighted by Crippen LogP contribution is 2.27. The summed E-state index contributed by atoms with van der Waals surface area (Å²) in [5, 5.41) is 3.79. The molecule has 2 aliphatic heterocycles. The Kier molecular flexibility index (Phi) is 3.58. The van der Waals surface area contributed by atoms with Gasteiger partial charge in [-0.15, -0.1) is 0 Å². The van der Waals surface area contributed by atoms with Gasteiger partial charge in [0, 0.05) is 38.0 Å². The van der Waals surface area contributed by atoms with Crippen LogP contribution in [0.15, 0.2) is 4.52 Å². The number of anilines is 1. The standard InChI is InChI=1S/C13H19FN4O2/c1-9-15-13(20-16-9)17-4-2-11(3-5-17)18-8-10(7-14)6-12(18)19/h10-11H,2-8H2,1H3. The molecule has 110 valence electrons. The first kappa shape index (κ1) is 13.3. The van der Waals surface area contributed by atoms with Crippen molar-refractivity contribution in [3.05, 3.63) is 5.82 Å². The van der Waals surface area contributed by atoms with E-state index in [9.17, 15) is 9.18 Å². The van der Waals surface area contributed by atoms with Crippen molar-refractivity contribution in [3.63, 3.8) is 0 Å². The Morgan fingerprint density at radius 2 is 2.15 bits per heavy atom. The van der Waals surface area contributed by atoms with Crippen LogP contribution in [0.3, 0.4) is 0 Å². The van der Waals surface area contributed by atoms with Gasteiger partial charge in [0.1, 0.15) is 0 Å². The summed E-state index contributed by atoms with van der Waals surface area (Å²) in [7, 11) is 0. The molecule has 3 rings (SSSR count). The van der Waals surface area contributed by atoms with Crippen LogP contribution >= 0.6 is 0 Å². The molecule has 0 spiro atoms. The van der Waals surface area contributed by atoms with Gasteiger partial charge in [-0.1, -0.05) is 5.16 Å². The molecule has 0 radical (unpaired) electrons. The second-order valence-electron chi connectivity index (χ2n) is 5.61. The highest BCUT2D eigenvalue weighted by molar-refractivity contribution is 5.79. The second kappa shape index (κ2) is 5.38. The van der Waals surface area contributed by atoms with Gasteiger partial charge in [-0.05, 0) is 19.8 Å². The number of aromatic nitrogens is 2. The third kappa shape index (κ3) is 2.48. The third-order valence-electron chi connectivity index (χ3n) is 4.15. The molecule has 1 aromatic heterocycles. The van der Waals surface area contributed by atoms with E-state index in [1.165, 1.54) is 0 Å². The molecule has 0 N–H and O–H groups in total. The fourth-order valence-corrected chi connectivity index (χ4v) is 3.05.